The highest BCUT2D eigenvalue weighted by Gasteiger charge is 2.34. The van der Waals surface area contributed by atoms with Gasteiger partial charge >= 0.3 is 0 Å². The summed E-state index contributed by atoms with van der Waals surface area (Å²) >= 11 is 0. The highest BCUT2D eigenvalue weighted by Crippen LogP contribution is 2.30. The summed E-state index contributed by atoms with van der Waals surface area (Å²) in [4.78, 5) is 11.2. The summed E-state index contributed by atoms with van der Waals surface area (Å²) in [5.74, 6) is 0.399. The van der Waals surface area contributed by atoms with Crippen LogP contribution in [0, 0.1) is 0 Å². The first-order valence-corrected chi connectivity index (χ1v) is 4.94. The van der Waals surface area contributed by atoms with Gasteiger partial charge in [0.05, 0.1) is 7.11 Å². The Morgan fingerprint density at radius 3 is 2.75 bits per heavy atom. The number of aliphatic hydroxyl groups is 1. The Kier molecular flexibility index (Phi) is 2.44. The summed E-state index contributed by atoms with van der Waals surface area (Å²) in [5, 5.41) is 12.5. The zero-order valence-corrected chi connectivity index (χ0v) is 9.15. The van der Waals surface area contributed by atoms with Gasteiger partial charge in [-0.15, -0.1) is 0 Å². The van der Waals surface area contributed by atoms with E-state index in [1.54, 1.807) is 20.1 Å². The van der Waals surface area contributed by atoms with Crippen molar-refractivity contribution in [3.05, 3.63) is 35.9 Å². The maximum Gasteiger partial charge on any atom is 0.246 e. The van der Waals surface area contributed by atoms with Gasteiger partial charge in [-0.1, -0.05) is 12.1 Å². The third-order valence-electron chi connectivity index (χ3n) is 2.55. The molecule has 1 atom stereocenters. The first kappa shape index (κ1) is 10.7. The number of ether oxygens (including phenoxy) is 1. The van der Waals surface area contributed by atoms with Crippen molar-refractivity contribution in [1.29, 1.82) is 0 Å². The molecule has 0 aromatic heterocycles. The Morgan fingerprint density at radius 2 is 2.19 bits per heavy atom. The fraction of sp³-hybridized carbons (Fsp3) is 0.250. The maximum atomic E-state index is 11.2. The lowest BCUT2D eigenvalue weighted by molar-refractivity contribution is -0.119. The normalized spacial score (nSPS) is 23.9. The number of amides is 1. The Bertz CT molecular complexity index is 463. The van der Waals surface area contributed by atoms with E-state index in [0.29, 0.717) is 11.3 Å². The Labute approximate surface area is 93.5 Å². The summed E-state index contributed by atoms with van der Waals surface area (Å²) in [7, 11) is 1.57. The van der Waals surface area contributed by atoms with Gasteiger partial charge in [-0.25, -0.2) is 0 Å². The second-order valence-electron chi connectivity index (χ2n) is 3.85. The molecule has 1 aliphatic heterocycles. The SMILES string of the molecule is COc1cccc(C2=CC(=O)NC2(C)O)c1. The molecule has 1 unspecified atom stereocenters. The fourth-order valence-corrected chi connectivity index (χ4v) is 1.77. The molecule has 1 aromatic rings. The lowest BCUT2D eigenvalue weighted by Crippen LogP contribution is -2.40. The number of carbonyl (C=O) groups is 1. The average molecular weight is 219 g/mol. The molecule has 0 aliphatic carbocycles. The van der Waals surface area contributed by atoms with Gasteiger partial charge in [-0.2, -0.15) is 0 Å². The number of hydrogen-bond donors (Lipinski definition) is 2. The van der Waals surface area contributed by atoms with Gasteiger partial charge in [-0.05, 0) is 24.6 Å². The van der Waals surface area contributed by atoms with E-state index in [9.17, 15) is 9.90 Å². The van der Waals surface area contributed by atoms with Crippen molar-refractivity contribution in [2.75, 3.05) is 7.11 Å². The van der Waals surface area contributed by atoms with Crippen LogP contribution in [-0.4, -0.2) is 23.8 Å². The van der Waals surface area contributed by atoms with Gasteiger partial charge in [0.1, 0.15) is 5.75 Å². The maximum absolute atomic E-state index is 11.2. The third-order valence-corrected chi connectivity index (χ3v) is 2.55. The molecule has 2 N–H and O–H groups in total. The second-order valence-corrected chi connectivity index (χ2v) is 3.85. The number of rotatable bonds is 2. The van der Waals surface area contributed by atoms with Gasteiger partial charge in [0.15, 0.2) is 5.72 Å². The van der Waals surface area contributed by atoms with E-state index in [1.807, 2.05) is 18.2 Å². The Hall–Kier alpha value is -1.81. The van der Waals surface area contributed by atoms with Gasteiger partial charge in [-0.3, -0.25) is 4.79 Å². The molecule has 4 nitrogen and oxygen atoms in total. The molecule has 1 amide bonds. The van der Waals surface area contributed by atoms with Crippen LogP contribution in [0.1, 0.15) is 12.5 Å². The van der Waals surface area contributed by atoms with Crippen LogP contribution < -0.4 is 10.1 Å². The molecule has 1 heterocycles. The monoisotopic (exact) mass is 219 g/mol. The summed E-state index contributed by atoms with van der Waals surface area (Å²) < 4.78 is 5.10. The van der Waals surface area contributed by atoms with Gasteiger partial charge in [0.2, 0.25) is 5.91 Å². The van der Waals surface area contributed by atoms with E-state index in [-0.39, 0.29) is 5.91 Å². The Morgan fingerprint density at radius 1 is 1.44 bits per heavy atom. The van der Waals surface area contributed by atoms with Crippen molar-refractivity contribution in [3.63, 3.8) is 0 Å². The van der Waals surface area contributed by atoms with E-state index in [2.05, 4.69) is 5.32 Å². The van der Waals surface area contributed by atoms with Crippen molar-refractivity contribution in [1.82, 2.24) is 5.32 Å². The fourth-order valence-electron chi connectivity index (χ4n) is 1.77. The average Bonchev–Trinajstić information content (AvgIpc) is 2.52. The molecule has 0 bridgehead atoms. The van der Waals surface area contributed by atoms with Crippen molar-refractivity contribution in [3.8, 4) is 5.75 Å². The highest BCUT2D eigenvalue weighted by atomic mass is 16.5. The topological polar surface area (TPSA) is 58.6 Å². The van der Waals surface area contributed by atoms with Crippen molar-refractivity contribution in [2.24, 2.45) is 0 Å². The first-order chi connectivity index (χ1) is 7.53. The highest BCUT2D eigenvalue weighted by molar-refractivity contribution is 6.02. The zero-order chi connectivity index (χ0) is 11.8. The minimum atomic E-state index is -1.32. The largest absolute Gasteiger partial charge is 0.497 e. The molecular weight excluding hydrogens is 206 g/mol. The zero-order valence-electron chi connectivity index (χ0n) is 9.15. The molecule has 0 saturated carbocycles. The van der Waals surface area contributed by atoms with Crippen molar-refractivity contribution >= 4 is 11.5 Å². The van der Waals surface area contributed by atoms with Crippen LogP contribution in [0.2, 0.25) is 0 Å². The van der Waals surface area contributed by atoms with Crippen LogP contribution in [0.3, 0.4) is 0 Å². The van der Waals surface area contributed by atoms with E-state index < -0.39 is 5.72 Å². The number of benzene rings is 1. The molecule has 84 valence electrons. The van der Waals surface area contributed by atoms with Crippen LogP contribution in [0.25, 0.3) is 5.57 Å². The lowest BCUT2D eigenvalue weighted by atomic mass is 9.98. The van der Waals surface area contributed by atoms with E-state index in [4.69, 9.17) is 4.74 Å². The van der Waals surface area contributed by atoms with Crippen LogP contribution >= 0.6 is 0 Å². The minimum Gasteiger partial charge on any atom is -0.497 e. The quantitative estimate of drug-likeness (QED) is 0.777. The number of hydrogen-bond acceptors (Lipinski definition) is 3. The molecule has 0 saturated heterocycles. The number of nitrogens with one attached hydrogen (secondary N) is 1. The van der Waals surface area contributed by atoms with Crippen LogP contribution in [0.4, 0.5) is 0 Å². The second kappa shape index (κ2) is 3.64. The lowest BCUT2D eigenvalue weighted by Gasteiger charge is -2.21. The smallest absolute Gasteiger partial charge is 0.246 e. The van der Waals surface area contributed by atoms with E-state index in [1.165, 1.54) is 6.08 Å². The molecule has 16 heavy (non-hydrogen) atoms. The summed E-state index contributed by atoms with van der Waals surface area (Å²) in [6.45, 7) is 1.54. The van der Waals surface area contributed by atoms with Gasteiger partial charge in [0.25, 0.3) is 0 Å². The number of methoxy groups -OCH3 is 1. The third kappa shape index (κ3) is 1.79. The van der Waals surface area contributed by atoms with Crippen LogP contribution in [-0.2, 0) is 4.79 Å². The Balaban J connectivity index is 2.44. The van der Waals surface area contributed by atoms with E-state index in [0.717, 1.165) is 5.56 Å². The summed E-state index contributed by atoms with van der Waals surface area (Å²) in [6.07, 6.45) is 1.40. The molecule has 0 fully saturated rings. The van der Waals surface area contributed by atoms with Gasteiger partial charge in [0, 0.05) is 11.6 Å². The predicted molar refractivity (Wildman–Crippen MR) is 59.7 cm³/mol. The molecular formula is C12H13NO3. The standard InChI is InChI=1S/C12H13NO3/c1-12(15)10(7-11(14)13-12)8-4-3-5-9(6-8)16-2/h3-7,15H,1-2H3,(H,13,14). The van der Waals surface area contributed by atoms with Crippen LogP contribution in [0.15, 0.2) is 30.3 Å². The summed E-state index contributed by atoms with van der Waals surface area (Å²) in [5.41, 5.74) is 0.00259. The first-order valence-electron chi connectivity index (χ1n) is 4.94. The minimum absolute atomic E-state index is 0.289. The van der Waals surface area contributed by atoms with Crippen molar-refractivity contribution < 1.29 is 14.6 Å². The molecule has 0 spiro atoms. The predicted octanol–water partition coefficient (Wildman–Crippen LogP) is 0.917. The molecule has 2 rings (SSSR count). The molecule has 4 heteroatoms. The summed E-state index contributed by atoms with van der Waals surface area (Å²) in [6, 6.07) is 7.22. The number of carbonyl (C=O) groups excluding carboxylic acids is 1. The van der Waals surface area contributed by atoms with E-state index >= 15 is 0 Å². The molecule has 0 radical (unpaired) electrons. The van der Waals surface area contributed by atoms with Crippen molar-refractivity contribution in [2.45, 2.75) is 12.6 Å². The molecule has 1 aliphatic rings. The van der Waals surface area contributed by atoms with Gasteiger partial charge < -0.3 is 15.2 Å². The van der Waals surface area contributed by atoms with Crippen LogP contribution in [0.5, 0.6) is 5.75 Å². The molecule has 1 aromatic carbocycles.